The lowest BCUT2D eigenvalue weighted by atomic mass is 10.2. The Morgan fingerprint density at radius 3 is 2.65 bits per heavy atom. The Balaban J connectivity index is 1.09. The minimum absolute atomic E-state index is 0.142. The van der Waals surface area contributed by atoms with Crippen LogP contribution in [0.1, 0.15) is 28.9 Å². The molecule has 12 heteroatoms. The van der Waals surface area contributed by atoms with E-state index in [-0.39, 0.29) is 5.91 Å². The van der Waals surface area contributed by atoms with Crippen LogP contribution in [0.3, 0.4) is 0 Å². The fraction of sp³-hybridized carbons (Fsp3) is 0.393. The van der Waals surface area contributed by atoms with Crippen LogP contribution in [0, 0.1) is 6.92 Å². The van der Waals surface area contributed by atoms with E-state index in [1.165, 1.54) is 0 Å². The highest BCUT2D eigenvalue weighted by Crippen LogP contribution is 2.31. The van der Waals surface area contributed by atoms with E-state index in [1.807, 2.05) is 61.1 Å². The van der Waals surface area contributed by atoms with Gasteiger partial charge in [0, 0.05) is 70.0 Å². The van der Waals surface area contributed by atoms with Gasteiger partial charge in [-0.2, -0.15) is 15.3 Å². The van der Waals surface area contributed by atoms with Gasteiger partial charge in [-0.3, -0.25) is 24.0 Å². The van der Waals surface area contributed by atoms with Gasteiger partial charge in [0.15, 0.2) is 5.82 Å². The number of hydrogen-bond acceptors (Lipinski definition) is 8. The van der Waals surface area contributed by atoms with Crippen molar-refractivity contribution in [3.05, 3.63) is 54.4 Å². The first-order chi connectivity index (χ1) is 19.4. The fourth-order valence-electron chi connectivity index (χ4n) is 5.85. The zero-order chi connectivity index (χ0) is 27.4. The van der Waals surface area contributed by atoms with Crippen LogP contribution in [0.25, 0.3) is 27.5 Å². The third-order valence-corrected chi connectivity index (χ3v) is 7.91. The summed E-state index contributed by atoms with van der Waals surface area (Å²) in [6, 6.07) is 3.92. The van der Waals surface area contributed by atoms with Crippen LogP contribution in [0.2, 0.25) is 0 Å². The van der Waals surface area contributed by atoms with Crippen LogP contribution in [0.15, 0.2) is 43.1 Å². The molecule has 2 saturated heterocycles. The summed E-state index contributed by atoms with van der Waals surface area (Å²) in [6.45, 7) is 5.20. The normalized spacial score (nSPS) is 19.1. The number of hydrogen-bond donors (Lipinski definition) is 2. The minimum atomic E-state index is -0.142. The number of nitrogens with zero attached hydrogens (tertiary/aromatic N) is 8. The Morgan fingerprint density at radius 1 is 1.05 bits per heavy atom. The summed E-state index contributed by atoms with van der Waals surface area (Å²) < 4.78 is 11.4. The summed E-state index contributed by atoms with van der Waals surface area (Å²) in [6.07, 6.45) is 12.2. The van der Waals surface area contributed by atoms with Crippen molar-refractivity contribution in [2.75, 3.05) is 31.5 Å². The van der Waals surface area contributed by atoms with E-state index in [9.17, 15) is 4.79 Å². The predicted molar refractivity (Wildman–Crippen MR) is 151 cm³/mol. The van der Waals surface area contributed by atoms with E-state index in [0.29, 0.717) is 30.1 Å². The molecule has 5 aromatic heterocycles. The quantitative estimate of drug-likeness (QED) is 0.323. The second-order valence-electron chi connectivity index (χ2n) is 10.8. The van der Waals surface area contributed by atoms with Gasteiger partial charge in [-0.05, 0) is 31.9 Å². The van der Waals surface area contributed by atoms with Gasteiger partial charge in [0.1, 0.15) is 0 Å². The van der Waals surface area contributed by atoms with Crippen molar-refractivity contribution in [1.82, 2.24) is 44.4 Å². The first kappa shape index (κ1) is 24.7. The van der Waals surface area contributed by atoms with Gasteiger partial charge in [-0.15, -0.1) is 0 Å². The van der Waals surface area contributed by atoms with E-state index in [0.717, 1.165) is 71.4 Å². The summed E-state index contributed by atoms with van der Waals surface area (Å²) in [7, 11) is 3.82. The second-order valence-corrected chi connectivity index (χ2v) is 10.8. The second kappa shape index (κ2) is 9.72. The van der Waals surface area contributed by atoms with E-state index in [1.54, 1.807) is 10.9 Å². The zero-order valence-electron chi connectivity index (χ0n) is 22.8. The number of aromatic nitrogens is 7. The molecule has 7 rings (SSSR count). The number of pyridine rings is 1. The molecule has 1 amide bonds. The predicted octanol–water partition coefficient (Wildman–Crippen LogP) is 2.66. The number of likely N-dealkylation sites (tertiary alicyclic amines) is 1. The molecule has 2 aliphatic heterocycles. The zero-order valence-corrected chi connectivity index (χ0v) is 22.8. The Hall–Kier alpha value is -4.29. The number of aryl methyl sites for hydroxylation is 3. The summed E-state index contributed by atoms with van der Waals surface area (Å²) in [5.41, 5.74) is 5.94. The van der Waals surface area contributed by atoms with E-state index in [2.05, 4.69) is 36.8 Å². The molecule has 206 valence electrons. The van der Waals surface area contributed by atoms with Gasteiger partial charge in [0.05, 0.1) is 58.0 Å². The van der Waals surface area contributed by atoms with Crippen molar-refractivity contribution < 1.29 is 9.53 Å². The Kier molecular flexibility index (Phi) is 6.01. The van der Waals surface area contributed by atoms with Crippen molar-refractivity contribution in [3.63, 3.8) is 0 Å². The topological polar surface area (TPSA) is 119 Å². The molecule has 2 bridgehead atoms. The SMILES string of the molecule is Cc1ncc(C(=O)NCCN2CC3CCC(C2)O3)cc1Nc1nn(C)c2c1cnn1cc(-c3cnn(C)c3)cc21. The summed E-state index contributed by atoms with van der Waals surface area (Å²) in [5, 5.41) is 21.0. The van der Waals surface area contributed by atoms with Crippen LogP contribution in [-0.2, 0) is 18.8 Å². The number of anilines is 2. The highest BCUT2D eigenvalue weighted by Gasteiger charge is 2.33. The molecular formula is C28H32N10O2. The van der Waals surface area contributed by atoms with Crippen LogP contribution in [-0.4, -0.2) is 83.4 Å². The molecule has 0 spiro atoms. The molecule has 7 heterocycles. The largest absolute Gasteiger partial charge is 0.372 e. The standard InChI is InChI=1S/C28H32N10O2/c1-17-24(8-18(10-30-17)28(39)29-6-7-37-15-21-4-5-22(16-37)40-21)33-27-23-12-32-38-14-19(20-11-31-35(2)13-20)9-25(38)26(23)36(3)34-27/h8-14,21-22H,4-7,15-16H2,1-3H3,(H,29,39)(H,33,34). The van der Waals surface area contributed by atoms with Crippen LogP contribution >= 0.6 is 0 Å². The Morgan fingerprint density at radius 2 is 1.88 bits per heavy atom. The number of fused-ring (bicyclic) bond motifs is 5. The number of rotatable bonds is 7. The molecule has 2 unspecified atom stereocenters. The van der Waals surface area contributed by atoms with Crippen molar-refractivity contribution in [1.29, 1.82) is 0 Å². The fourth-order valence-corrected chi connectivity index (χ4v) is 5.85. The van der Waals surface area contributed by atoms with Gasteiger partial charge < -0.3 is 15.4 Å². The smallest absolute Gasteiger partial charge is 0.252 e. The van der Waals surface area contributed by atoms with E-state index in [4.69, 9.17) is 9.84 Å². The molecule has 0 radical (unpaired) electrons. The maximum Gasteiger partial charge on any atom is 0.252 e. The molecule has 2 N–H and O–H groups in total. The average Bonchev–Trinajstić information content (AvgIpc) is 3.71. The monoisotopic (exact) mass is 540 g/mol. The van der Waals surface area contributed by atoms with Crippen molar-refractivity contribution in [2.45, 2.75) is 32.0 Å². The summed E-state index contributed by atoms with van der Waals surface area (Å²) in [5.74, 6) is 0.512. The lowest BCUT2D eigenvalue weighted by Crippen LogP contribution is -2.45. The number of carbonyl (C=O) groups excluding carboxylic acids is 1. The van der Waals surface area contributed by atoms with E-state index >= 15 is 0 Å². The van der Waals surface area contributed by atoms with Crippen LogP contribution < -0.4 is 10.6 Å². The molecule has 5 aromatic rings. The van der Waals surface area contributed by atoms with Gasteiger partial charge in [-0.1, -0.05) is 0 Å². The molecule has 2 atom stereocenters. The van der Waals surface area contributed by atoms with Crippen molar-refractivity contribution in [2.24, 2.45) is 14.1 Å². The number of carbonyl (C=O) groups is 1. The summed E-state index contributed by atoms with van der Waals surface area (Å²) in [4.78, 5) is 19.8. The third-order valence-electron chi connectivity index (χ3n) is 7.91. The Labute approximate surface area is 230 Å². The molecular weight excluding hydrogens is 508 g/mol. The van der Waals surface area contributed by atoms with E-state index < -0.39 is 0 Å². The van der Waals surface area contributed by atoms with Gasteiger partial charge in [0.2, 0.25) is 0 Å². The molecule has 0 aliphatic carbocycles. The highest BCUT2D eigenvalue weighted by atomic mass is 16.5. The van der Waals surface area contributed by atoms with Gasteiger partial charge >= 0.3 is 0 Å². The maximum atomic E-state index is 13.0. The Bertz CT molecular complexity index is 1720. The number of morpholine rings is 1. The van der Waals surface area contributed by atoms with Gasteiger partial charge in [0.25, 0.3) is 5.91 Å². The molecule has 40 heavy (non-hydrogen) atoms. The summed E-state index contributed by atoms with van der Waals surface area (Å²) >= 11 is 0. The third kappa shape index (κ3) is 4.48. The van der Waals surface area contributed by atoms with Crippen LogP contribution in [0.4, 0.5) is 11.5 Å². The first-order valence-corrected chi connectivity index (χ1v) is 13.6. The molecule has 0 aromatic carbocycles. The number of ether oxygens (including phenoxy) is 1. The maximum absolute atomic E-state index is 13.0. The minimum Gasteiger partial charge on any atom is -0.372 e. The average molecular weight is 541 g/mol. The van der Waals surface area contributed by atoms with Gasteiger partial charge in [-0.25, -0.2) is 4.52 Å². The lowest BCUT2D eigenvalue weighted by molar-refractivity contribution is -0.0375. The highest BCUT2D eigenvalue weighted by molar-refractivity contribution is 6.01. The van der Waals surface area contributed by atoms with Crippen molar-refractivity contribution >= 4 is 33.8 Å². The molecule has 2 fully saturated rings. The molecule has 2 aliphatic rings. The van der Waals surface area contributed by atoms with Crippen LogP contribution in [0.5, 0.6) is 0 Å². The lowest BCUT2D eigenvalue weighted by Gasteiger charge is -2.31. The van der Waals surface area contributed by atoms with Crippen molar-refractivity contribution in [3.8, 4) is 11.1 Å². The molecule has 12 nitrogen and oxygen atoms in total. The number of amides is 1. The molecule has 0 saturated carbocycles. The number of nitrogens with one attached hydrogen (secondary N) is 2. The first-order valence-electron chi connectivity index (χ1n) is 13.6.